The van der Waals surface area contributed by atoms with Crippen LogP contribution in [0.25, 0.3) is 0 Å². The topological polar surface area (TPSA) is 320 Å². The van der Waals surface area contributed by atoms with Crippen molar-refractivity contribution in [3.05, 3.63) is 323 Å². The van der Waals surface area contributed by atoms with Gasteiger partial charge in [-0.05, 0) is 56.5 Å². The first-order valence-electron chi connectivity index (χ1n) is 41.0. The maximum atomic E-state index is 16.7. The maximum absolute atomic E-state index is 16.7. The van der Waals surface area contributed by atoms with E-state index in [1.54, 1.807) is 0 Å². The van der Waals surface area contributed by atoms with Gasteiger partial charge in [0.05, 0.1) is 137 Å². The molecule has 122 heavy (non-hydrogen) atoms. The zero-order chi connectivity index (χ0) is 84.7. The molecular formula is C94H107N3O23P2. The van der Waals surface area contributed by atoms with Crippen molar-refractivity contribution in [3.8, 4) is 12.1 Å². The summed E-state index contributed by atoms with van der Waals surface area (Å²) in [7, 11) is -10.3. The van der Waals surface area contributed by atoms with Crippen LogP contribution >= 0.6 is 15.6 Å². The molecule has 26 nitrogen and oxygen atoms in total. The summed E-state index contributed by atoms with van der Waals surface area (Å²) in [4.78, 5) is 11.9. The van der Waals surface area contributed by atoms with E-state index in [4.69, 9.17) is 94.5 Å². The average Bonchev–Trinajstić information content (AvgIpc) is 0.778. The predicted molar refractivity (Wildman–Crippen MR) is 449 cm³/mol. The van der Waals surface area contributed by atoms with E-state index in [2.05, 4.69) is 12.1 Å². The van der Waals surface area contributed by atoms with E-state index in [1.165, 1.54) is 0 Å². The van der Waals surface area contributed by atoms with Gasteiger partial charge in [-0.1, -0.05) is 273 Å². The number of nitrogens with two attached hydrogens (primary N) is 1. The molecule has 3 heterocycles. The van der Waals surface area contributed by atoms with E-state index in [9.17, 15) is 20.4 Å². The molecule has 0 aromatic heterocycles. The molecule has 5 unspecified atom stereocenters. The first-order valence-corrected chi connectivity index (χ1v) is 44.0. The predicted octanol–water partition coefficient (Wildman–Crippen LogP) is 15.0. The molecule has 646 valence electrons. The Hall–Kier alpha value is -8.91. The third-order valence-electron chi connectivity index (χ3n) is 20.3. The van der Waals surface area contributed by atoms with Crippen LogP contribution in [-0.2, 0) is 162 Å². The van der Waals surface area contributed by atoms with Crippen molar-refractivity contribution in [2.24, 2.45) is 5.73 Å². The van der Waals surface area contributed by atoms with Gasteiger partial charge in [0.1, 0.15) is 91.6 Å². The Morgan fingerprint density at radius 1 is 0.311 bits per heavy atom. The third-order valence-corrected chi connectivity index (χ3v) is 23.3. The number of nitriles is 2. The summed E-state index contributed by atoms with van der Waals surface area (Å²) >= 11 is 0. The number of phosphoric ester groups is 2. The van der Waals surface area contributed by atoms with E-state index in [1.807, 2.05) is 273 Å². The zero-order valence-corrected chi connectivity index (χ0v) is 69.8. The number of aliphatic hydroxyl groups excluding tert-OH is 1. The van der Waals surface area contributed by atoms with Gasteiger partial charge in [0.15, 0.2) is 0 Å². The fourth-order valence-corrected chi connectivity index (χ4v) is 17.0. The Morgan fingerprint density at radius 2 is 0.557 bits per heavy atom. The van der Waals surface area contributed by atoms with Crippen LogP contribution in [0.4, 0.5) is 0 Å². The molecule has 0 bridgehead atoms. The first kappa shape index (κ1) is 92.3. The van der Waals surface area contributed by atoms with E-state index in [0.29, 0.717) is 17.5 Å². The lowest BCUT2D eigenvalue weighted by Gasteiger charge is -2.47. The largest absolute Gasteiger partial charge is 0.475 e. The highest BCUT2D eigenvalue weighted by Crippen LogP contribution is 2.56. The number of aliphatic hydroxyl groups is 1. The van der Waals surface area contributed by atoms with Crippen LogP contribution in [0.15, 0.2) is 273 Å². The Labute approximate surface area is 713 Å². The normalized spacial score (nSPS) is 23.8. The summed E-state index contributed by atoms with van der Waals surface area (Å²) < 4.78 is 162. The standard InChI is InChI=1S/C94H107N3O23P2/c95-50-29-53-112-121(100,114-68-83-87(106-58-73-37-16-4-17-38-73)92(109-61-76-43-22-7-23-44-76)86(99)79(116-83)64-103-55-70-31-10-1-11-32-70)120-91-82(67-105-57-72-35-14-3-15-36-72)118-84(89(108-60-75-41-20-6-21-42-75)94(91)111-63-78-47-26-9-27-48-78)69-115-122(101,113-54-30-51-96)119-90-81(66-104-56-71-33-12-2-13-34-71)117-80(65-102-52-28-49-85(97)98)88(107-59-74-39-18-5-19-40-74)93(90)110-62-77-45-24-8-25-46-77/h1-27,31-48,79-84,86-94,99H,28-30,49,52-69H2,(H2,97,98)/t79-,80+,81-,82-,83+,84+,86?,87+,88+,89+,90?,91?,92+,93-,94-,121?,122?/m1/s1. The number of ether oxygens (including phenoxy) is 13. The van der Waals surface area contributed by atoms with Gasteiger partial charge in [0.25, 0.3) is 0 Å². The van der Waals surface area contributed by atoms with Crippen LogP contribution in [0.2, 0.25) is 0 Å². The lowest BCUT2D eigenvalue weighted by molar-refractivity contribution is -0.270. The van der Waals surface area contributed by atoms with Gasteiger partial charge >= 0.3 is 15.6 Å². The molecule has 1 amide bonds. The number of carbonyl (C=O) groups is 1. The van der Waals surface area contributed by atoms with Gasteiger partial charge in [-0.2, -0.15) is 10.5 Å². The summed E-state index contributed by atoms with van der Waals surface area (Å²) in [6, 6.07) is 88.9. The highest BCUT2D eigenvalue weighted by Gasteiger charge is 2.56. The number of amides is 1. The Balaban J connectivity index is 0.922. The fraction of sp³-hybridized carbons (Fsp3) is 0.394. The highest BCUT2D eigenvalue weighted by atomic mass is 31.2. The monoisotopic (exact) mass is 1710 g/mol. The second kappa shape index (κ2) is 50.1. The van der Waals surface area contributed by atoms with Gasteiger partial charge < -0.3 is 72.4 Å². The quantitative estimate of drug-likeness (QED) is 0.0264. The zero-order valence-electron chi connectivity index (χ0n) is 68.0. The summed E-state index contributed by atoms with van der Waals surface area (Å²) in [5.41, 5.74) is 12.6. The molecule has 3 saturated heterocycles. The number of primary amides is 1. The van der Waals surface area contributed by atoms with Crippen molar-refractivity contribution in [1.82, 2.24) is 0 Å². The molecule has 28 heteroatoms. The van der Waals surface area contributed by atoms with Crippen molar-refractivity contribution in [3.63, 3.8) is 0 Å². The fourth-order valence-electron chi connectivity index (χ4n) is 14.2. The molecule has 0 saturated carbocycles. The van der Waals surface area contributed by atoms with Crippen LogP contribution in [-0.4, -0.2) is 162 Å². The molecule has 17 atom stereocenters. The minimum absolute atomic E-state index is 0.0158. The molecule has 0 aliphatic carbocycles. The molecule has 3 fully saturated rings. The molecule has 3 N–H and O–H groups in total. The van der Waals surface area contributed by atoms with Crippen LogP contribution in [0, 0.1) is 22.7 Å². The third kappa shape index (κ3) is 29.7. The molecule has 0 radical (unpaired) electrons. The average molecular weight is 1710 g/mol. The van der Waals surface area contributed by atoms with Crippen LogP contribution in [0.3, 0.4) is 0 Å². The Bertz CT molecular complexity index is 4620. The molecule has 3 aliphatic heterocycles. The second-order valence-electron chi connectivity index (χ2n) is 29.5. The Kier molecular flexibility index (Phi) is 37.9. The van der Waals surface area contributed by atoms with E-state index >= 15 is 9.13 Å². The smallest absolute Gasteiger partial charge is 0.387 e. The van der Waals surface area contributed by atoms with E-state index in [0.717, 1.165) is 38.9 Å². The summed E-state index contributed by atoms with van der Waals surface area (Å²) in [5.74, 6) is -0.485. The van der Waals surface area contributed by atoms with Crippen molar-refractivity contribution >= 4 is 21.6 Å². The van der Waals surface area contributed by atoms with Gasteiger partial charge in [-0.25, -0.2) is 9.13 Å². The van der Waals surface area contributed by atoms with E-state index in [-0.39, 0.29) is 112 Å². The number of nitrogens with zero attached hydrogens (tertiary/aromatic N) is 2. The van der Waals surface area contributed by atoms with Crippen molar-refractivity contribution < 1.29 is 108 Å². The van der Waals surface area contributed by atoms with Gasteiger partial charge in [-0.3, -0.25) is 31.9 Å². The van der Waals surface area contributed by atoms with Gasteiger partial charge in [-0.15, -0.1) is 0 Å². The van der Waals surface area contributed by atoms with Crippen LogP contribution in [0.1, 0.15) is 75.8 Å². The van der Waals surface area contributed by atoms with Crippen molar-refractivity contribution in [1.29, 1.82) is 10.5 Å². The highest BCUT2D eigenvalue weighted by molar-refractivity contribution is 7.48. The summed E-state index contributed by atoms with van der Waals surface area (Å²) in [5, 5.41) is 32.8. The molecular weight excluding hydrogens is 1600 g/mol. The number of hydrogen-bond acceptors (Lipinski definition) is 25. The first-order chi connectivity index (χ1) is 59.9. The molecule has 9 aromatic carbocycles. The van der Waals surface area contributed by atoms with Gasteiger partial charge in [0, 0.05) is 13.0 Å². The number of phosphoric acid groups is 2. The maximum Gasteiger partial charge on any atom is 0.475 e. The lowest BCUT2D eigenvalue weighted by Crippen LogP contribution is -2.62. The number of benzene rings is 9. The Morgan fingerprint density at radius 3 is 0.861 bits per heavy atom. The van der Waals surface area contributed by atoms with E-state index < -0.39 is 140 Å². The molecule has 3 aliphatic rings. The van der Waals surface area contributed by atoms with Crippen molar-refractivity contribution in [2.45, 2.75) is 177 Å². The van der Waals surface area contributed by atoms with Crippen molar-refractivity contribution in [2.75, 3.05) is 59.5 Å². The van der Waals surface area contributed by atoms with Gasteiger partial charge in [0.2, 0.25) is 5.91 Å². The minimum atomic E-state index is -5.15. The molecule has 12 rings (SSSR count). The van der Waals surface area contributed by atoms with Crippen LogP contribution < -0.4 is 5.73 Å². The number of carbonyl (C=O) groups excluding carboxylic acids is 1. The molecule has 0 spiro atoms. The SMILES string of the molecule is N#CCCOP(=O)(OC[C@@H]1O[C@H](COCc2ccccc2)C(OP(=O)(OCCC#N)OC[C@@H]2O[C@H](COCc3ccccc3)C(O)[C@H](OCc3ccccc3)[C@H]2OCc2ccccc2)[C@H](OCc2ccccc2)[C@H]1OCc1ccccc1)OC1[C@@H](COCc2ccccc2)O[C@@H](COCCCC(N)=O)[C@H](OCc2ccccc2)[C@H]1OCc1ccccc1. The summed E-state index contributed by atoms with van der Waals surface area (Å²) in [6.07, 6.45) is -18.9. The number of hydrogen-bond donors (Lipinski definition) is 2. The minimum Gasteiger partial charge on any atom is -0.387 e. The summed E-state index contributed by atoms with van der Waals surface area (Å²) in [6.45, 7) is -2.62. The second-order valence-corrected chi connectivity index (χ2v) is 32.7. The molecule has 9 aromatic rings. The van der Waals surface area contributed by atoms with Crippen LogP contribution in [0.5, 0.6) is 0 Å². The number of rotatable bonds is 52. The lowest BCUT2D eigenvalue weighted by atomic mass is 9.94.